The zero-order chi connectivity index (χ0) is 21.2. The van der Waals surface area contributed by atoms with Crippen LogP contribution in [0, 0.1) is 6.92 Å². The van der Waals surface area contributed by atoms with Crippen LogP contribution in [-0.2, 0) is 16.1 Å². The van der Waals surface area contributed by atoms with Crippen LogP contribution in [0.25, 0.3) is 0 Å². The summed E-state index contributed by atoms with van der Waals surface area (Å²) in [7, 11) is 3.18. The molecule has 0 aliphatic heterocycles. The molecule has 0 fully saturated rings. The first-order chi connectivity index (χ1) is 13.9. The molecule has 0 heterocycles. The van der Waals surface area contributed by atoms with Crippen molar-refractivity contribution in [2.45, 2.75) is 39.3 Å². The quantitative estimate of drug-likeness (QED) is 0.624. The molecule has 0 bridgehead atoms. The van der Waals surface area contributed by atoms with E-state index in [1.165, 1.54) is 5.56 Å². The van der Waals surface area contributed by atoms with E-state index in [1.807, 2.05) is 55.5 Å². The van der Waals surface area contributed by atoms with Crippen LogP contribution in [0.1, 0.15) is 30.9 Å². The van der Waals surface area contributed by atoms with Gasteiger partial charge >= 0.3 is 0 Å². The highest BCUT2D eigenvalue weighted by molar-refractivity contribution is 5.87. The molecule has 6 heteroatoms. The van der Waals surface area contributed by atoms with E-state index in [0.29, 0.717) is 26.0 Å². The first-order valence-electron chi connectivity index (χ1n) is 9.78. The standard InChI is InChI=1S/C23H30N2O4/c1-17-7-11-21(12-8-17)29-15-5-6-22(26)25(18(2)23(27)24-3)16-19-9-13-20(28-4)14-10-19/h7-14,18H,5-6,15-16H2,1-4H3,(H,24,27)/t18-/m0/s1. The van der Waals surface area contributed by atoms with Crippen LogP contribution in [0.5, 0.6) is 11.5 Å². The average molecular weight is 399 g/mol. The molecule has 1 atom stereocenters. The molecule has 29 heavy (non-hydrogen) atoms. The molecule has 6 nitrogen and oxygen atoms in total. The van der Waals surface area contributed by atoms with Crippen LogP contribution in [0.15, 0.2) is 48.5 Å². The summed E-state index contributed by atoms with van der Waals surface area (Å²) < 4.78 is 10.9. The normalized spacial score (nSPS) is 11.4. The molecular formula is C23H30N2O4. The summed E-state index contributed by atoms with van der Waals surface area (Å²) in [5.41, 5.74) is 2.11. The number of ether oxygens (including phenoxy) is 2. The Hall–Kier alpha value is -3.02. The molecular weight excluding hydrogens is 368 g/mol. The number of nitrogens with zero attached hydrogens (tertiary/aromatic N) is 1. The van der Waals surface area contributed by atoms with Crippen LogP contribution >= 0.6 is 0 Å². The number of hydrogen-bond donors (Lipinski definition) is 1. The van der Waals surface area contributed by atoms with Gasteiger partial charge in [0.05, 0.1) is 13.7 Å². The van der Waals surface area contributed by atoms with Gasteiger partial charge in [0.25, 0.3) is 0 Å². The van der Waals surface area contributed by atoms with Gasteiger partial charge in [-0.25, -0.2) is 0 Å². The molecule has 2 aromatic rings. The first kappa shape index (κ1) is 22.3. The number of nitrogens with one attached hydrogen (secondary N) is 1. The minimum absolute atomic E-state index is 0.0792. The molecule has 156 valence electrons. The van der Waals surface area contributed by atoms with E-state index in [9.17, 15) is 9.59 Å². The lowest BCUT2D eigenvalue weighted by Gasteiger charge is -2.28. The summed E-state index contributed by atoms with van der Waals surface area (Å²) in [5, 5.41) is 2.62. The van der Waals surface area contributed by atoms with Crippen LogP contribution in [0.3, 0.4) is 0 Å². The van der Waals surface area contributed by atoms with Gasteiger partial charge in [-0.05, 0) is 50.1 Å². The minimum atomic E-state index is -0.562. The molecule has 0 radical (unpaired) electrons. The molecule has 2 aromatic carbocycles. The van der Waals surface area contributed by atoms with Crippen LogP contribution < -0.4 is 14.8 Å². The highest BCUT2D eigenvalue weighted by Gasteiger charge is 2.25. The molecule has 2 amide bonds. The number of benzene rings is 2. The number of methoxy groups -OCH3 is 1. The topological polar surface area (TPSA) is 67.9 Å². The van der Waals surface area contributed by atoms with E-state index in [4.69, 9.17) is 9.47 Å². The summed E-state index contributed by atoms with van der Waals surface area (Å²) in [6, 6.07) is 14.7. The lowest BCUT2D eigenvalue weighted by atomic mass is 10.1. The fourth-order valence-corrected chi connectivity index (χ4v) is 2.91. The molecule has 0 aromatic heterocycles. The lowest BCUT2D eigenvalue weighted by molar-refractivity contribution is -0.140. The van der Waals surface area contributed by atoms with Gasteiger partial charge in [0.2, 0.25) is 11.8 Å². The third kappa shape index (κ3) is 6.82. The third-order valence-electron chi connectivity index (χ3n) is 4.75. The molecule has 0 saturated heterocycles. The maximum atomic E-state index is 12.9. The van der Waals surface area contributed by atoms with Crippen molar-refractivity contribution in [1.82, 2.24) is 10.2 Å². The zero-order valence-corrected chi connectivity index (χ0v) is 17.6. The van der Waals surface area contributed by atoms with Crippen LogP contribution in [0.2, 0.25) is 0 Å². The Bertz CT molecular complexity index is 788. The maximum absolute atomic E-state index is 12.9. The van der Waals surface area contributed by atoms with Gasteiger partial charge in [-0.1, -0.05) is 29.8 Å². The molecule has 0 unspecified atom stereocenters. The van der Waals surface area contributed by atoms with Crippen molar-refractivity contribution in [3.8, 4) is 11.5 Å². The van der Waals surface area contributed by atoms with Gasteiger partial charge in [-0.2, -0.15) is 0 Å². The van der Waals surface area contributed by atoms with Crippen molar-refractivity contribution in [3.05, 3.63) is 59.7 Å². The largest absolute Gasteiger partial charge is 0.497 e. The van der Waals surface area contributed by atoms with Crippen molar-refractivity contribution in [2.75, 3.05) is 20.8 Å². The average Bonchev–Trinajstić information content (AvgIpc) is 2.75. The van der Waals surface area contributed by atoms with Gasteiger partial charge < -0.3 is 19.7 Å². The van der Waals surface area contributed by atoms with Gasteiger partial charge in [0, 0.05) is 20.0 Å². The van der Waals surface area contributed by atoms with E-state index >= 15 is 0 Å². The van der Waals surface area contributed by atoms with Gasteiger partial charge in [0.1, 0.15) is 17.5 Å². The highest BCUT2D eigenvalue weighted by Crippen LogP contribution is 2.16. The Labute approximate surface area is 172 Å². The van der Waals surface area contributed by atoms with Crippen molar-refractivity contribution >= 4 is 11.8 Å². The molecule has 0 saturated carbocycles. The zero-order valence-electron chi connectivity index (χ0n) is 17.6. The Balaban J connectivity index is 1.95. The molecule has 1 N–H and O–H groups in total. The summed E-state index contributed by atoms with van der Waals surface area (Å²) in [6.07, 6.45) is 0.885. The van der Waals surface area contributed by atoms with Crippen LogP contribution in [0.4, 0.5) is 0 Å². The molecule has 0 spiro atoms. The van der Waals surface area contributed by atoms with Crippen molar-refractivity contribution < 1.29 is 19.1 Å². The Morgan fingerprint density at radius 2 is 1.66 bits per heavy atom. The number of hydrogen-bond acceptors (Lipinski definition) is 4. The number of amides is 2. The molecule has 2 rings (SSSR count). The molecule has 0 aliphatic rings. The number of rotatable bonds is 10. The first-order valence-corrected chi connectivity index (χ1v) is 9.78. The fourth-order valence-electron chi connectivity index (χ4n) is 2.91. The Morgan fingerprint density at radius 1 is 1.03 bits per heavy atom. The van der Waals surface area contributed by atoms with Gasteiger partial charge in [-0.15, -0.1) is 0 Å². The second-order valence-corrected chi connectivity index (χ2v) is 6.93. The summed E-state index contributed by atoms with van der Waals surface area (Å²) in [6.45, 7) is 4.56. The van der Waals surface area contributed by atoms with Crippen LogP contribution in [-0.4, -0.2) is 43.5 Å². The number of aryl methyl sites for hydroxylation is 1. The van der Waals surface area contributed by atoms with Crippen molar-refractivity contribution in [1.29, 1.82) is 0 Å². The van der Waals surface area contributed by atoms with E-state index in [0.717, 1.165) is 17.1 Å². The lowest BCUT2D eigenvalue weighted by Crippen LogP contribution is -2.46. The Kier molecular flexibility index (Phi) is 8.52. The van der Waals surface area contributed by atoms with Gasteiger partial charge in [0.15, 0.2) is 0 Å². The predicted octanol–water partition coefficient (Wildman–Crippen LogP) is 3.33. The van der Waals surface area contributed by atoms with Crippen molar-refractivity contribution in [2.24, 2.45) is 0 Å². The smallest absolute Gasteiger partial charge is 0.242 e. The second kappa shape index (κ2) is 11.1. The second-order valence-electron chi connectivity index (χ2n) is 6.93. The summed E-state index contributed by atoms with van der Waals surface area (Å²) in [5.74, 6) is 1.27. The maximum Gasteiger partial charge on any atom is 0.242 e. The van der Waals surface area contributed by atoms with Gasteiger partial charge in [-0.3, -0.25) is 9.59 Å². The predicted molar refractivity (Wildman–Crippen MR) is 113 cm³/mol. The number of likely N-dealkylation sites (N-methyl/N-ethyl adjacent to an activating group) is 1. The minimum Gasteiger partial charge on any atom is -0.497 e. The fraction of sp³-hybridized carbons (Fsp3) is 0.391. The van der Waals surface area contributed by atoms with E-state index in [-0.39, 0.29) is 11.8 Å². The number of carbonyl (C=O) groups excluding carboxylic acids is 2. The van der Waals surface area contributed by atoms with Crippen molar-refractivity contribution in [3.63, 3.8) is 0 Å². The van der Waals surface area contributed by atoms with E-state index in [1.54, 1.807) is 26.0 Å². The highest BCUT2D eigenvalue weighted by atomic mass is 16.5. The summed E-state index contributed by atoms with van der Waals surface area (Å²) >= 11 is 0. The van der Waals surface area contributed by atoms with E-state index < -0.39 is 6.04 Å². The number of carbonyl (C=O) groups is 2. The molecule has 0 aliphatic carbocycles. The Morgan fingerprint density at radius 3 is 2.24 bits per heavy atom. The monoisotopic (exact) mass is 398 g/mol. The third-order valence-corrected chi connectivity index (χ3v) is 4.75. The SMILES string of the molecule is CNC(=O)[C@H](C)N(Cc1ccc(OC)cc1)C(=O)CCCOc1ccc(C)cc1. The van der Waals surface area contributed by atoms with E-state index in [2.05, 4.69) is 5.32 Å². The summed E-state index contributed by atoms with van der Waals surface area (Å²) in [4.78, 5) is 26.6.